The molecule has 0 saturated carbocycles. The van der Waals surface area contributed by atoms with E-state index >= 15 is 0 Å². The maximum atomic E-state index is 6.21. The van der Waals surface area contributed by atoms with Gasteiger partial charge in [-0.15, -0.1) is 0 Å². The second kappa shape index (κ2) is 13.1. The van der Waals surface area contributed by atoms with Crippen LogP contribution in [0.1, 0.15) is 0 Å². The smallest absolute Gasteiger partial charge is 0.160 e. The van der Waals surface area contributed by atoms with Gasteiger partial charge in [0.2, 0.25) is 0 Å². The van der Waals surface area contributed by atoms with Crippen LogP contribution in [0.25, 0.3) is 106 Å². The van der Waals surface area contributed by atoms with Gasteiger partial charge in [0.25, 0.3) is 0 Å². The molecule has 0 bridgehead atoms. The summed E-state index contributed by atoms with van der Waals surface area (Å²) in [6.07, 6.45) is 0. The molecule has 0 radical (unpaired) electrons. The van der Waals surface area contributed by atoms with E-state index in [0.717, 1.165) is 83.4 Å². The van der Waals surface area contributed by atoms with Crippen molar-refractivity contribution in [3.63, 3.8) is 0 Å². The largest absolute Gasteiger partial charge is 0.456 e. The fraction of sp³-hybridized carbons (Fsp3) is 0. The summed E-state index contributed by atoms with van der Waals surface area (Å²) in [6, 6.07) is 70.3. The van der Waals surface area contributed by atoms with Crippen molar-refractivity contribution in [1.82, 2.24) is 14.5 Å². The summed E-state index contributed by atoms with van der Waals surface area (Å²) >= 11 is 0. The highest BCUT2D eigenvalue weighted by molar-refractivity contribution is 6.11. The number of hydrogen-bond acceptors (Lipinski definition) is 3. The molecule has 0 amide bonds. The van der Waals surface area contributed by atoms with Gasteiger partial charge in [0.1, 0.15) is 11.2 Å². The normalized spacial score (nSPS) is 11.6. The SMILES string of the molecule is c1ccc(-c2ccc(-c3cc(-c4ccccc4-c4ccccc4)nc(-c4ccc5c6ccccc6n(-c6ccc7oc8ccccc8c7c6)c5c4)n3)cc2)cc1. The minimum Gasteiger partial charge on any atom is -0.456 e. The number of furan rings is 1. The summed E-state index contributed by atoms with van der Waals surface area (Å²) in [6.45, 7) is 0. The molecule has 11 rings (SSSR count). The third-order valence-corrected chi connectivity index (χ3v) is 10.9. The van der Waals surface area contributed by atoms with Crippen LogP contribution in [0.4, 0.5) is 0 Å². The maximum absolute atomic E-state index is 6.21. The average Bonchev–Trinajstić information content (AvgIpc) is 3.82. The van der Waals surface area contributed by atoms with Crippen molar-refractivity contribution in [3.05, 3.63) is 200 Å². The number of fused-ring (bicyclic) bond motifs is 6. The predicted molar refractivity (Wildman–Crippen MR) is 231 cm³/mol. The predicted octanol–water partition coefficient (Wildman–Crippen LogP) is 13.8. The molecule has 0 atom stereocenters. The second-order valence-corrected chi connectivity index (χ2v) is 14.2. The van der Waals surface area contributed by atoms with Gasteiger partial charge in [-0.3, -0.25) is 0 Å². The van der Waals surface area contributed by atoms with Crippen molar-refractivity contribution in [1.29, 1.82) is 0 Å². The molecular formula is C52H33N3O. The van der Waals surface area contributed by atoms with E-state index in [1.807, 2.05) is 18.2 Å². The van der Waals surface area contributed by atoms with Gasteiger partial charge in [-0.05, 0) is 64.7 Å². The van der Waals surface area contributed by atoms with Crippen LogP contribution in [0.2, 0.25) is 0 Å². The van der Waals surface area contributed by atoms with Crippen LogP contribution in [-0.4, -0.2) is 14.5 Å². The van der Waals surface area contributed by atoms with Crippen molar-refractivity contribution in [2.24, 2.45) is 0 Å². The number of para-hydroxylation sites is 2. The van der Waals surface area contributed by atoms with Crippen LogP contribution in [0, 0.1) is 0 Å². The molecule has 3 aromatic heterocycles. The third kappa shape index (κ3) is 5.39. The quantitative estimate of drug-likeness (QED) is 0.172. The third-order valence-electron chi connectivity index (χ3n) is 10.9. The van der Waals surface area contributed by atoms with Crippen LogP contribution in [-0.2, 0) is 0 Å². The van der Waals surface area contributed by atoms with Crippen molar-refractivity contribution in [3.8, 4) is 61.8 Å². The van der Waals surface area contributed by atoms with E-state index in [2.05, 4.69) is 187 Å². The van der Waals surface area contributed by atoms with E-state index < -0.39 is 0 Å². The molecule has 4 nitrogen and oxygen atoms in total. The van der Waals surface area contributed by atoms with Crippen molar-refractivity contribution >= 4 is 43.7 Å². The van der Waals surface area contributed by atoms with Crippen LogP contribution < -0.4 is 0 Å². The molecule has 11 aromatic rings. The lowest BCUT2D eigenvalue weighted by atomic mass is 9.96. The Labute approximate surface area is 323 Å². The van der Waals surface area contributed by atoms with Gasteiger partial charge >= 0.3 is 0 Å². The minimum atomic E-state index is 0.669. The highest BCUT2D eigenvalue weighted by Gasteiger charge is 2.18. The molecule has 262 valence electrons. The van der Waals surface area contributed by atoms with E-state index in [1.165, 1.54) is 16.3 Å². The fourth-order valence-electron chi connectivity index (χ4n) is 8.14. The Bertz CT molecular complexity index is 3230. The molecule has 3 heterocycles. The number of hydrogen-bond donors (Lipinski definition) is 0. The highest BCUT2D eigenvalue weighted by Crippen LogP contribution is 2.39. The molecule has 0 aliphatic heterocycles. The van der Waals surface area contributed by atoms with E-state index in [-0.39, 0.29) is 0 Å². The van der Waals surface area contributed by atoms with Gasteiger partial charge in [0.15, 0.2) is 5.82 Å². The molecule has 0 fully saturated rings. The lowest BCUT2D eigenvalue weighted by molar-refractivity contribution is 0.669. The highest BCUT2D eigenvalue weighted by atomic mass is 16.3. The van der Waals surface area contributed by atoms with Gasteiger partial charge in [-0.25, -0.2) is 9.97 Å². The Balaban J connectivity index is 1.12. The Morgan fingerprint density at radius 1 is 0.339 bits per heavy atom. The molecule has 0 spiro atoms. The zero-order valence-corrected chi connectivity index (χ0v) is 30.3. The first-order chi connectivity index (χ1) is 27.7. The van der Waals surface area contributed by atoms with Gasteiger partial charge in [-0.1, -0.05) is 158 Å². The first-order valence-electron chi connectivity index (χ1n) is 18.9. The number of aromatic nitrogens is 3. The monoisotopic (exact) mass is 715 g/mol. The van der Waals surface area contributed by atoms with Crippen LogP contribution in [0.15, 0.2) is 205 Å². The molecule has 0 saturated heterocycles. The average molecular weight is 716 g/mol. The Hall–Kier alpha value is -7.56. The van der Waals surface area contributed by atoms with Crippen LogP contribution in [0.5, 0.6) is 0 Å². The standard InChI is InChI=1S/C52H33N3O/c1-3-13-34(14-4-1)35-23-25-37(26-24-35)46-33-47(41-18-8-7-17-40(41)36-15-5-2-6-16-36)54-52(53-46)38-27-29-43-42-19-9-11-21-48(42)55(49(43)31-38)39-28-30-51-45(32-39)44-20-10-12-22-50(44)56-51/h1-33H. The topological polar surface area (TPSA) is 43.9 Å². The summed E-state index contributed by atoms with van der Waals surface area (Å²) in [4.78, 5) is 10.7. The van der Waals surface area contributed by atoms with Gasteiger partial charge < -0.3 is 8.98 Å². The molecule has 0 aliphatic rings. The first-order valence-corrected chi connectivity index (χ1v) is 18.9. The van der Waals surface area contributed by atoms with Crippen molar-refractivity contribution in [2.45, 2.75) is 0 Å². The molecule has 0 N–H and O–H groups in total. The lowest BCUT2D eigenvalue weighted by Gasteiger charge is -2.14. The summed E-state index contributed by atoms with van der Waals surface area (Å²) in [5.74, 6) is 0.669. The van der Waals surface area contributed by atoms with Crippen LogP contribution in [0.3, 0.4) is 0 Å². The number of rotatable bonds is 6. The molecule has 8 aromatic carbocycles. The van der Waals surface area contributed by atoms with Crippen LogP contribution >= 0.6 is 0 Å². The molecule has 4 heteroatoms. The maximum Gasteiger partial charge on any atom is 0.160 e. The van der Waals surface area contributed by atoms with Gasteiger partial charge in [0.05, 0.1) is 22.4 Å². The molecule has 56 heavy (non-hydrogen) atoms. The summed E-state index contributed by atoms with van der Waals surface area (Å²) in [7, 11) is 0. The second-order valence-electron chi connectivity index (χ2n) is 14.2. The summed E-state index contributed by atoms with van der Waals surface area (Å²) < 4.78 is 8.57. The van der Waals surface area contributed by atoms with E-state index in [0.29, 0.717) is 5.82 Å². The zero-order chi connectivity index (χ0) is 37.0. The minimum absolute atomic E-state index is 0.669. The number of nitrogens with zero attached hydrogens (tertiary/aromatic N) is 3. The zero-order valence-electron chi connectivity index (χ0n) is 30.3. The van der Waals surface area contributed by atoms with Gasteiger partial charge in [-0.2, -0.15) is 0 Å². The molecular weight excluding hydrogens is 683 g/mol. The lowest BCUT2D eigenvalue weighted by Crippen LogP contribution is -1.98. The first kappa shape index (κ1) is 31.9. The number of benzene rings is 8. The summed E-state index contributed by atoms with van der Waals surface area (Å²) in [5.41, 5.74) is 14.4. The Morgan fingerprint density at radius 2 is 0.929 bits per heavy atom. The van der Waals surface area contributed by atoms with E-state index in [1.54, 1.807) is 0 Å². The Morgan fingerprint density at radius 3 is 1.75 bits per heavy atom. The van der Waals surface area contributed by atoms with E-state index in [4.69, 9.17) is 14.4 Å². The fourth-order valence-corrected chi connectivity index (χ4v) is 8.14. The molecule has 0 aliphatic carbocycles. The van der Waals surface area contributed by atoms with E-state index in [9.17, 15) is 0 Å². The molecule has 0 unspecified atom stereocenters. The summed E-state index contributed by atoms with van der Waals surface area (Å²) in [5, 5.41) is 4.56. The van der Waals surface area contributed by atoms with Gasteiger partial charge in [0, 0.05) is 43.9 Å². The van der Waals surface area contributed by atoms with Crippen molar-refractivity contribution in [2.75, 3.05) is 0 Å². The van der Waals surface area contributed by atoms with Crippen molar-refractivity contribution < 1.29 is 4.42 Å². The Kier molecular flexibility index (Phi) is 7.46.